The third-order valence-electron chi connectivity index (χ3n) is 3.11. The topological polar surface area (TPSA) is 21.3 Å². The molecule has 0 aliphatic heterocycles. The molecule has 0 bridgehead atoms. The van der Waals surface area contributed by atoms with Gasteiger partial charge in [-0.3, -0.25) is 0 Å². The molecule has 3 heteroatoms. The quantitative estimate of drug-likeness (QED) is 0.859. The van der Waals surface area contributed by atoms with E-state index in [4.69, 9.17) is 4.74 Å². The first-order valence-corrected chi connectivity index (χ1v) is 6.39. The maximum absolute atomic E-state index is 13.8. The van der Waals surface area contributed by atoms with Crippen molar-refractivity contribution in [2.75, 3.05) is 12.4 Å². The van der Waals surface area contributed by atoms with Crippen molar-refractivity contribution in [3.8, 4) is 5.75 Å². The molecule has 0 spiro atoms. The minimum absolute atomic E-state index is 0.0859. The lowest BCUT2D eigenvalue weighted by atomic mass is 10.0. The Morgan fingerprint density at radius 3 is 2.53 bits per heavy atom. The van der Waals surface area contributed by atoms with E-state index in [-0.39, 0.29) is 11.9 Å². The summed E-state index contributed by atoms with van der Waals surface area (Å²) in [4.78, 5) is 0. The Morgan fingerprint density at radius 1 is 1.16 bits per heavy atom. The number of nitrogens with one attached hydrogen (secondary N) is 1. The van der Waals surface area contributed by atoms with Gasteiger partial charge in [0.1, 0.15) is 11.6 Å². The van der Waals surface area contributed by atoms with E-state index in [1.807, 2.05) is 30.3 Å². The fourth-order valence-corrected chi connectivity index (χ4v) is 2.04. The Bertz CT molecular complexity index is 528. The van der Waals surface area contributed by atoms with E-state index in [0.29, 0.717) is 11.4 Å². The van der Waals surface area contributed by atoms with Gasteiger partial charge in [0.25, 0.3) is 0 Å². The van der Waals surface area contributed by atoms with Crippen LogP contribution in [-0.4, -0.2) is 7.11 Å². The summed E-state index contributed by atoms with van der Waals surface area (Å²) in [6, 6.07) is 14.8. The van der Waals surface area contributed by atoms with Crippen molar-refractivity contribution in [3.05, 3.63) is 59.9 Å². The molecule has 1 unspecified atom stereocenters. The predicted molar refractivity (Wildman–Crippen MR) is 76.0 cm³/mol. The molecule has 2 nitrogen and oxygen atoms in total. The van der Waals surface area contributed by atoms with E-state index in [1.54, 1.807) is 19.2 Å². The minimum Gasteiger partial charge on any atom is -0.497 e. The second-order valence-electron chi connectivity index (χ2n) is 4.36. The average molecular weight is 259 g/mol. The number of rotatable bonds is 5. The molecular formula is C16H18FNO. The van der Waals surface area contributed by atoms with Gasteiger partial charge in [0, 0.05) is 6.07 Å². The summed E-state index contributed by atoms with van der Waals surface area (Å²) in [7, 11) is 1.57. The van der Waals surface area contributed by atoms with Crippen LogP contribution in [0.5, 0.6) is 5.75 Å². The molecule has 0 aromatic heterocycles. The van der Waals surface area contributed by atoms with Gasteiger partial charge < -0.3 is 10.1 Å². The van der Waals surface area contributed by atoms with Crippen LogP contribution in [0.3, 0.4) is 0 Å². The number of halogens is 1. The van der Waals surface area contributed by atoms with Gasteiger partial charge >= 0.3 is 0 Å². The van der Waals surface area contributed by atoms with Crippen LogP contribution in [0.4, 0.5) is 10.1 Å². The molecule has 0 radical (unpaired) electrons. The number of methoxy groups -OCH3 is 1. The molecule has 19 heavy (non-hydrogen) atoms. The normalized spacial score (nSPS) is 11.9. The molecule has 0 fully saturated rings. The summed E-state index contributed by atoms with van der Waals surface area (Å²) >= 11 is 0. The van der Waals surface area contributed by atoms with Crippen LogP contribution in [-0.2, 0) is 0 Å². The van der Waals surface area contributed by atoms with Crippen molar-refractivity contribution in [2.45, 2.75) is 19.4 Å². The van der Waals surface area contributed by atoms with Crippen molar-refractivity contribution in [3.63, 3.8) is 0 Å². The third kappa shape index (κ3) is 3.25. The highest BCUT2D eigenvalue weighted by atomic mass is 19.1. The highest BCUT2D eigenvalue weighted by Crippen LogP contribution is 2.27. The standard InChI is InChI=1S/C16H18FNO/c1-3-15(12-7-5-4-6-8-12)18-16-11-13(19-2)9-10-14(16)17/h4-11,15,18H,3H2,1-2H3. The van der Waals surface area contributed by atoms with E-state index in [1.165, 1.54) is 6.07 Å². The lowest BCUT2D eigenvalue weighted by Gasteiger charge is -2.19. The average Bonchev–Trinajstić information content (AvgIpc) is 2.47. The smallest absolute Gasteiger partial charge is 0.146 e. The van der Waals surface area contributed by atoms with Crippen molar-refractivity contribution in [2.24, 2.45) is 0 Å². The van der Waals surface area contributed by atoms with Crippen LogP contribution in [0, 0.1) is 5.82 Å². The largest absolute Gasteiger partial charge is 0.497 e. The Hall–Kier alpha value is -2.03. The van der Waals surface area contributed by atoms with Crippen LogP contribution < -0.4 is 10.1 Å². The van der Waals surface area contributed by atoms with E-state index >= 15 is 0 Å². The molecule has 2 aromatic carbocycles. The van der Waals surface area contributed by atoms with Crippen molar-refractivity contribution >= 4 is 5.69 Å². The summed E-state index contributed by atoms with van der Waals surface area (Å²) in [5.41, 5.74) is 1.61. The molecule has 2 rings (SSSR count). The number of anilines is 1. The molecule has 0 saturated carbocycles. The van der Waals surface area contributed by atoms with Gasteiger partial charge in [-0.15, -0.1) is 0 Å². The maximum atomic E-state index is 13.8. The first-order chi connectivity index (χ1) is 9.24. The zero-order chi connectivity index (χ0) is 13.7. The van der Waals surface area contributed by atoms with Crippen LogP contribution in [0.2, 0.25) is 0 Å². The molecular weight excluding hydrogens is 241 g/mol. The van der Waals surface area contributed by atoms with Gasteiger partial charge in [0.2, 0.25) is 0 Å². The number of hydrogen-bond donors (Lipinski definition) is 1. The van der Waals surface area contributed by atoms with E-state index in [9.17, 15) is 4.39 Å². The van der Waals surface area contributed by atoms with Gasteiger partial charge in [-0.2, -0.15) is 0 Å². The molecule has 0 amide bonds. The first-order valence-electron chi connectivity index (χ1n) is 6.39. The van der Waals surface area contributed by atoms with Crippen LogP contribution in [0.15, 0.2) is 48.5 Å². The van der Waals surface area contributed by atoms with Crippen molar-refractivity contribution < 1.29 is 9.13 Å². The molecule has 0 aliphatic carbocycles. The fraction of sp³-hybridized carbons (Fsp3) is 0.250. The molecule has 1 atom stereocenters. The second kappa shape index (κ2) is 6.23. The lowest BCUT2D eigenvalue weighted by molar-refractivity contribution is 0.414. The van der Waals surface area contributed by atoms with Gasteiger partial charge in [-0.05, 0) is 24.1 Å². The summed E-state index contributed by atoms with van der Waals surface area (Å²) in [5.74, 6) is 0.377. The highest BCUT2D eigenvalue weighted by Gasteiger charge is 2.11. The second-order valence-corrected chi connectivity index (χ2v) is 4.36. The summed E-state index contributed by atoms with van der Waals surface area (Å²) in [6.07, 6.45) is 0.876. The van der Waals surface area contributed by atoms with Gasteiger partial charge in [0.05, 0.1) is 18.8 Å². The maximum Gasteiger partial charge on any atom is 0.146 e. The monoisotopic (exact) mass is 259 g/mol. The Labute approximate surface area is 113 Å². The Morgan fingerprint density at radius 2 is 1.89 bits per heavy atom. The summed E-state index contributed by atoms with van der Waals surface area (Å²) < 4.78 is 18.9. The van der Waals surface area contributed by atoms with Crippen LogP contribution in [0.1, 0.15) is 24.9 Å². The zero-order valence-electron chi connectivity index (χ0n) is 11.2. The Balaban J connectivity index is 2.23. The van der Waals surface area contributed by atoms with E-state index in [2.05, 4.69) is 12.2 Å². The molecule has 0 heterocycles. The Kier molecular flexibility index (Phi) is 4.39. The van der Waals surface area contributed by atoms with Crippen LogP contribution in [0.25, 0.3) is 0 Å². The molecule has 0 aliphatic rings. The minimum atomic E-state index is -0.268. The fourth-order valence-electron chi connectivity index (χ4n) is 2.04. The molecule has 0 saturated heterocycles. The van der Waals surface area contributed by atoms with Gasteiger partial charge in [-0.25, -0.2) is 4.39 Å². The molecule has 100 valence electrons. The molecule has 1 N–H and O–H groups in total. The summed E-state index contributed by atoms with van der Waals surface area (Å²) in [6.45, 7) is 2.07. The summed E-state index contributed by atoms with van der Waals surface area (Å²) in [5, 5.41) is 3.23. The SMILES string of the molecule is CCC(Nc1cc(OC)ccc1F)c1ccccc1. The van der Waals surface area contributed by atoms with E-state index < -0.39 is 0 Å². The van der Waals surface area contributed by atoms with Crippen molar-refractivity contribution in [1.82, 2.24) is 0 Å². The van der Waals surface area contributed by atoms with Gasteiger partial charge in [0.15, 0.2) is 0 Å². The number of benzene rings is 2. The lowest BCUT2D eigenvalue weighted by Crippen LogP contribution is -2.10. The highest BCUT2D eigenvalue weighted by molar-refractivity contribution is 5.51. The third-order valence-corrected chi connectivity index (χ3v) is 3.11. The first kappa shape index (κ1) is 13.4. The molecule has 2 aromatic rings. The predicted octanol–water partition coefficient (Wildman–Crippen LogP) is 4.40. The zero-order valence-corrected chi connectivity index (χ0v) is 11.2. The number of ether oxygens (including phenoxy) is 1. The van der Waals surface area contributed by atoms with Gasteiger partial charge in [-0.1, -0.05) is 37.3 Å². The van der Waals surface area contributed by atoms with Crippen LogP contribution >= 0.6 is 0 Å². The van der Waals surface area contributed by atoms with Crippen molar-refractivity contribution in [1.29, 1.82) is 0 Å². The van der Waals surface area contributed by atoms with E-state index in [0.717, 1.165) is 12.0 Å². The number of hydrogen-bond acceptors (Lipinski definition) is 2.